The third kappa shape index (κ3) is 1.61. The molecular formula is C12H15N5O3. The van der Waals surface area contributed by atoms with E-state index in [9.17, 15) is 10.1 Å². The fourth-order valence-electron chi connectivity index (χ4n) is 2.86. The Morgan fingerprint density at radius 2 is 2.15 bits per heavy atom. The molecular weight excluding hydrogens is 262 g/mol. The summed E-state index contributed by atoms with van der Waals surface area (Å²) in [4.78, 5) is 12.3. The number of methoxy groups -OCH3 is 1. The SMILES string of the molecule is CO[C@]12[C@H](CCN1C)N=NN2c1ccc([N+](=O)[O-])cc1. The summed E-state index contributed by atoms with van der Waals surface area (Å²) in [6, 6.07) is 6.18. The normalized spacial score (nSPS) is 28.9. The third-order valence-corrected chi connectivity index (χ3v) is 3.91. The number of likely N-dealkylation sites (N-methyl/N-ethyl adjacent to an activating group) is 1. The molecule has 0 amide bonds. The molecule has 1 fully saturated rings. The maximum Gasteiger partial charge on any atom is 0.269 e. The highest BCUT2D eigenvalue weighted by molar-refractivity contribution is 5.52. The van der Waals surface area contributed by atoms with Crippen LogP contribution in [-0.2, 0) is 4.74 Å². The number of nitro benzene ring substituents is 1. The van der Waals surface area contributed by atoms with E-state index >= 15 is 0 Å². The molecule has 1 saturated heterocycles. The molecule has 0 aliphatic carbocycles. The van der Waals surface area contributed by atoms with E-state index < -0.39 is 10.8 Å². The molecule has 0 N–H and O–H groups in total. The van der Waals surface area contributed by atoms with Crippen LogP contribution in [0.15, 0.2) is 34.6 Å². The molecule has 0 unspecified atom stereocenters. The second kappa shape index (κ2) is 4.50. The number of ether oxygens (including phenoxy) is 1. The lowest BCUT2D eigenvalue weighted by molar-refractivity contribution is -0.384. The van der Waals surface area contributed by atoms with Crippen molar-refractivity contribution in [3.05, 3.63) is 34.4 Å². The lowest BCUT2D eigenvalue weighted by atomic mass is 10.1. The number of benzene rings is 1. The van der Waals surface area contributed by atoms with E-state index in [0.29, 0.717) is 0 Å². The van der Waals surface area contributed by atoms with Gasteiger partial charge in [0.05, 0.1) is 10.6 Å². The molecule has 0 bridgehead atoms. The van der Waals surface area contributed by atoms with Gasteiger partial charge in [0.15, 0.2) is 0 Å². The van der Waals surface area contributed by atoms with Crippen LogP contribution < -0.4 is 5.01 Å². The monoisotopic (exact) mass is 277 g/mol. The van der Waals surface area contributed by atoms with Crippen LogP contribution in [0.25, 0.3) is 0 Å². The molecule has 0 spiro atoms. The summed E-state index contributed by atoms with van der Waals surface area (Å²) >= 11 is 0. The van der Waals surface area contributed by atoms with Crippen molar-refractivity contribution in [2.24, 2.45) is 10.3 Å². The molecule has 1 aromatic carbocycles. The van der Waals surface area contributed by atoms with Crippen LogP contribution in [0.5, 0.6) is 0 Å². The average molecular weight is 277 g/mol. The van der Waals surface area contributed by atoms with Crippen molar-refractivity contribution in [2.45, 2.75) is 18.3 Å². The molecule has 0 saturated carbocycles. The minimum absolute atomic E-state index is 0.0484. The number of hydrogen-bond acceptors (Lipinski definition) is 7. The summed E-state index contributed by atoms with van der Waals surface area (Å²) in [5.74, 6) is -0.726. The van der Waals surface area contributed by atoms with Gasteiger partial charge in [0, 0.05) is 25.8 Å². The zero-order valence-electron chi connectivity index (χ0n) is 11.3. The highest BCUT2D eigenvalue weighted by atomic mass is 16.6. The van der Waals surface area contributed by atoms with Gasteiger partial charge in [-0.1, -0.05) is 5.22 Å². The van der Waals surface area contributed by atoms with Crippen LogP contribution in [0, 0.1) is 10.1 Å². The van der Waals surface area contributed by atoms with E-state index in [1.165, 1.54) is 12.1 Å². The fourth-order valence-corrected chi connectivity index (χ4v) is 2.86. The maximum absolute atomic E-state index is 10.7. The molecule has 0 aromatic heterocycles. The van der Waals surface area contributed by atoms with Gasteiger partial charge < -0.3 is 4.74 Å². The quantitative estimate of drug-likeness (QED) is 0.621. The summed E-state index contributed by atoms with van der Waals surface area (Å²) in [6.07, 6.45) is 0.872. The number of rotatable bonds is 3. The second-order valence-corrected chi connectivity index (χ2v) is 4.88. The number of non-ortho nitro benzene ring substituents is 1. The summed E-state index contributed by atoms with van der Waals surface area (Å²) in [7, 11) is 3.59. The Morgan fingerprint density at radius 3 is 2.75 bits per heavy atom. The molecule has 1 aromatic rings. The van der Waals surface area contributed by atoms with Crippen LogP contribution in [-0.4, -0.2) is 42.4 Å². The topological polar surface area (TPSA) is 83.6 Å². The Hall–Kier alpha value is -2.06. The molecule has 2 atom stereocenters. The lowest BCUT2D eigenvalue weighted by Crippen LogP contribution is -2.58. The van der Waals surface area contributed by atoms with Crippen LogP contribution in [0.1, 0.15) is 6.42 Å². The number of fused-ring (bicyclic) bond motifs is 1. The number of anilines is 1. The molecule has 8 nitrogen and oxygen atoms in total. The first kappa shape index (κ1) is 12.9. The van der Waals surface area contributed by atoms with Crippen molar-refractivity contribution < 1.29 is 9.66 Å². The Labute approximate surface area is 115 Å². The van der Waals surface area contributed by atoms with Gasteiger partial charge in [0.25, 0.3) is 5.69 Å². The predicted molar refractivity (Wildman–Crippen MR) is 71.2 cm³/mol. The van der Waals surface area contributed by atoms with Crippen molar-refractivity contribution in [3.8, 4) is 0 Å². The summed E-state index contributed by atoms with van der Waals surface area (Å²) in [5.41, 5.74) is 0.769. The van der Waals surface area contributed by atoms with Crippen molar-refractivity contribution in [3.63, 3.8) is 0 Å². The predicted octanol–water partition coefficient (Wildman–Crippen LogP) is 1.79. The molecule has 106 valence electrons. The first-order valence-electron chi connectivity index (χ1n) is 6.31. The van der Waals surface area contributed by atoms with Crippen LogP contribution in [0.3, 0.4) is 0 Å². The van der Waals surface area contributed by atoms with Crippen molar-refractivity contribution in [1.29, 1.82) is 0 Å². The van der Waals surface area contributed by atoms with Gasteiger partial charge in [-0.2, -0.15) is 10.1 Å². The zero-order chi connectivity index (χ0) is 14.3. The van der Waals surface area contributed by atoms with Gasteiger partial charge in [-0.15, -0.1) is 0 Å². The van der Waals surface area contributed by atoms with Gasteiger partial charge in [-0.3, -0.25) is 15.0 Å². The summed E-state index contributed by atoms with van der Waals surface area (Å²) < 4.78 is 5.71. The Balaban J connectivity index is 1.97. The van der Waals surface area contributed by atoms with Crippen molar-refractivity contribution >= 4 is 11.4 Å². The van der Waals surface area contributed by atoms with E-state index in [-0.39, 0.29) is 11.7 Å². The standard InChI is InChI=1S/C12H15N5O3/c1-15-8-7-11-12(15,20-2)16(14-13-11)9-3-5-10(6-4-9)17(18)19/h3-6,11H,7-8H2,1-2H3/t11-,12+/m0/s1. The van der Waals surface area contributed by atoms with E-state index in [1.54, 1.807) is 24.3 Å². The van der Waals surface area contributed by atoms with E-state index in [1.807, 2.05) is 7.05 Å². The van der Waals surface area contributed by atoms with Gasteiger partial charge in [-0.25, -0.2) is 0 Å². The van der Waals surface area contributed by atoms with E-state index in [4.69, 9.17) is 4.74 Å². The van der Waals surface area contributed by atoms with Crippen molar-refractivity contribution in [2.75, 3.05) is 25.7 Å². The molecule has 8 heteroatoms. The first-order chi connectivity index (χ1) is 9.59. The van der Waals surface area contributed by atoms with Crippen LogP contribution >= 0.6 is 0 Å². The number of hydrogen-bond donors (Lipinski definition) is 0. The fraction of sp³-hybridized carbons (Fsp3) is 0.500. The van der Waals surface area contributed by atoms with Gasteiger partial charge in [-0.05, 0) is 25.6 Å². The maximum atomic E-state index is 10.7. The van der Waals surface area contributed by atoms with E-state index in [0.717, 1.165) is 18.7 Å². The molecule has 2 heterocycles. The van der Waals surface area contributed by atoms with Gasteiger partial charge in [0.1, 0.15) is 6.04 Å². The van der Waals surface area contributed by atoms with Gasteiger partial charge >= 0.3 is 0 Å². The Bertz CT molecular complexity index is 561. The van der Waals surface area contributed by atoms with E-state index in [2.05, 4.69) is 15.2 Å². The largest absolute Gasteiger partial charge is 0.343 e. The molecule has 2 aliphatic heterocycles. The number of likely N-dealkylation sites (tertiary alicyclic amines) is 1. The summed E-state index contributed by atoms with van der Waals surface area (Å²) in [6.45, 7) is 0.862. The zero-order valence-corrected chi connectivity index (χ0v) is 11.3. The molecule has 20 heavy (non-hydrogen) atoms. The highest BCUT2D eigenvalue weighted by Gasteiger charge is 2.57. The minimum Gasteiger partial charge on any atom is -0.343 e. The molecule has 3 rings (SSSR count). The minimum atomic E-state index is -0.726. The highest BCUT2D eigenvalue weighted by Crippen LogP contribution is 2.42. The number of nitrogens with zero attached hydrogens (tertiary/aromatic N) is 5. The third-order valence-electron chi connectivity index (χ3n) is 3.91. The lowest BCUT2D eigenvalue weighted by Gasteiger charge is -2.39. The smallest absolute Gasteiger partial charge is 0.269 e. The first-order valence-corrected chi connectivity index (χ1v) is 6.31. The Kier molecular flexibility index (Phi) is 2.91. The summed E-state index contributed by atoms with van der Waals surface area (Å²) in [5, 5.41) is 20.8. The van der Waals surface area contributed by atoms with Gasteiger partial charge in [0.2, 0.25) is 5.85 Å². The average Bonchev–Trinajstić information content (AvgIpc) is 2.97. The van der Waals surface area contributed by atoms with Crippen LogP contribution in [0.2, 0.25) is 0 Å². The molecule has 0 radical (unpaired) electrons. The van der Waals surface area contributed by atoms with Crippen LogP contribution in [0.4, 0.5) is 11.4 Å². The van der Waals surface area contributed by atoms with Crippen molar-refractivity contribution in [1.82, 2.24) is 4.90 Å². The second-order valence-electron chi connectivity index (χ2n) is 4.88. The number of nitro groups is 1. The Morgan fingerprint density at radius 1 is 1.45 bits per heavy atom. The molecule has 2 aliphatic rings.